The fourth-order valence-electron chi connectivity index (χ4n) is 0.945. The van der Waals surface area contributed by atoms with Crippen LogP contribution in [-0.2, 0) is 4.79 Å². The molecule has 76 valence electrons. The number of aromatic nitrogens is 1. The average Bonchev–Trinajstić information content (AvgIpc) is 2.15. The van der Waals surface area contributed by atoms with Crippen LogP contribution in [0.5, 0.6) is 5.75 Å². The van der Waals surface area contributed by atoms with Crippen LogP contribution in [0.2, 0.25) is 0 Å². The molecule has 6 heteroatoms. The van der Waals surface area contributed by atoms with Gasteiger partial charge < -0.3 is 21.1 Å². The van der Waals surface area contributed by atoms with Crippen molar-refractivity contribution in [1.82, 2.24) is 4.98 Å². The standard InChI is InChI=1S/C8H10N2O4/c9-8(14)7(13)6(12)4-1-5(11)3-10-2-4/h1-3,6-7,11-13H,(H2,9,14). The molecule has 1 aromatic heterocycles. The van der Waals surface area contributed by atoms with Crippen LogP contribution in [-0.4, -0.2) is 32.3 Å². The van der Waals surface area contributed by atoms with Crippen LogP contribution in [0.15, 0.2) is 18.5 Å². The number of amides is 1. The molecule has 1 rings (SSSR count). The zero-order chi connectivity index (χ0) is 10.7. The Morgan fingerprint density at radius 3 is 2.57 bits per heavy atom. The molecule has 0 saturated heterocycles. The van der Waals surface area contributed by atoms with E-state index in [1.54, 1.807) is 0 Å². The molecule has 2 atom stereocenters. The minimum atomic E-state index is -1.71. The molecular formula is C8H10N2O4. The molecule has 0 aromatic carbocycles. The number of nitrogens with two attached hydrogens (primary N) is 1. The fraction of sp³-hybridized carbons (Fsp3) is 0.250. The van der Waals surface area contributed by atoms with Crippen molar-refractivity contribution in [3.63, 3.8) is 0 Å². The Balaban J connectivity index is 2.89. The molecule has 5 N–H and O–H groups in total. The summed E-state index contributed by atoms with van der Waals surface area (Å²) < 4.78 is 0. The number of aliphatic hydroxyl groups excluding tert-OH is 2. The molecule has 0 aliphatic heterocycles. The van der Waals surface area contributed by atoms with Crippen molar-refractivity contribution in [2.45, 2.75) is 12.2 Å². The van der Waals surface area contributed by atoms with Crippen molar-refractivity contribution < 1.29 is 20.1 Å². The van der Waals surface area contributed by atoms with Gasteiger partial charge >= 0.3 is 0 Å². The summed E-state index contributed by atoms with van der Waals surface area (Å²) in [4.78, 5) is 14.1. The third-order valence-corrected chi connectivity index (χ3v) is 1.68. The van der Waals surface area contributed by atoms with Crippen LogP contribution in [0, 0.1) is 0 Å². The number of hydrogen-bond donors (Lipinski definition) is 4. The highest BCUT2D eigenvalue weighted by Crippen LogP contribution is 2.19. The Bertz CT molecular complexity index is 342. The lowest BCUT2D eigenvalue weighted by Crippen LogP contribution is -2.33. The second-order valence-electron chi connectivity index (χ2n) is 2.77. The number of primary amides is 1. The molecule has 2 unspecified atom stereocenters. The quantitative estimate of drug-likeness (QED) is 0.480. The highest BCUT2D eigenvalue weighted by atomic mass is 16.3. The average molecular weight is 198 g/mol. The Kier molecular flexibility index (Phi) is 3.00. The first kappa shape index (κ1) is 10.4. The predicted octanol–water partition coefficient (Wildman–Crippen LogP) is -1.33. The van der Waals surface area contributed by atoms with Gasteiger partial charge in [-0.1, -0.05) is 0 Å². The number of pyridine rings is 1. The minimum absolute atomic E-state index is 0.122. The lowest BCUT2D eigenvalue weighted by Gasteiger charge is -2.14. The number of nitrogens with zero attached hydrogens (tertiary/aromatic N) is 1. The van der Waals surface area contributed by atoms with Crippen molar-refractivity contribution in [3.8, 4) is 5.75 Å². The smallest absolute Gasteiger partial charge is 0.249 e. The number of aromatic hydroxyl groups is 1. The predicted molar refractivity (Wildman–Crippen MR) is 46.1 cm³/mol. The fourth-order valence-corrected chi connectivity index (χ4v) is 0.945. The highest BCUT2D eigenvalue weighted by Gasteiger charge is 2.23. The van der Waals surface area contributed by atoms with Crippen LogP contribution in [0.25, 0.3) is 0 Å². The van der Waals surface area contributed by atoms with Crippen LogP contribution in [0.3, 0.4) is 0 Å². The van der Waals surface area contributed by atoms with Crippen molar-refractivity contribution in [1.29, 1.82) is 0 Å². The summed E-state index contributed by atoms with van der Waals surface area (Å²) in [6, 6.07) is 1.18. The molecule has 1 aromatic rings. The molecule has 0 fully saturated rings. The van der Waals surface area contributed by atoms with Gasteiger partial charge in [0.05, 0.1) is 6.20 Å². The molecule has 0 spiro atoms. The normalized spacial score (nSPS) is 14.7. The summed E-state index contributed by atoms with van der Waals surface area (Å²) in [5.74, 6) is -1.21. The molecular weight excluding hydrogens is 188 g/mol. The first-order chi connectivity index (χ1) is 6.52. The van der Waals surface area contributed by atoms with E-state index in [1.807, 2.05) is 0 Å². The van der Waals surface area contributed by atoms with Crippen molar-refractivity contribution >= 4 is 5.91 Å². The van der Waals surface area contributed by atoms with Gasteiger partial charge in [0.1, 0.15) is 11.9 Å². The lowest BCUT2D eigenvalue weighted by atomic mass is 10.1. The second kappa shape index (κ2) is 4.03. The lowest BCUT2D eigenvalue weighted by molar-refractivity contribution is -0.132. The largest absolute Gasteiger partial charge is 0.506 e. The van der Waals surface area contributed by atoms with Crippen LogP contribution in [0.1, 0.15) is 11.7 Å². The number of carbonyl (C=O) groups is 1. The third kappa shape index (κ3) is 2.18. The van der Waals surface area contributed by atoms with Gasteiger partial charge in [0.2, 0.25) is 5.91 Å². The monoisotopic (exact) mass is 198 g/mol. The Hall–Kier alpha value is -1.66. The van der Waals surface area contributed by atoms with Gasteiger partial charge in [-0.05, 0) is 6.07 Å². The first-order valence-corrected chi connectivity index (χ1v) is 3.81. The van der Waals surface area contributed by atoms with Crippen molar-refractivity contribution in [2.75, 3.05) is 0 Å². The zero-order valence-corrected chi connectivity index (χ0v) is 7.16. The summed E-state index contributed by atoms with van der Waals surface area (Å²) in [6.07, 6.45) is -0.811. The Morgan fingerprint density at radius 2 is 2.07 bits per heavy atom. The van der Waals surface area contributed by atoms with E-state index in [-0.39, 0.29) is 11.3 Å². The van der Waals surface area contributed by atoms with Gasteiger partial charge in [0.25, 0.3) is 0 Å². The van der Waals surface area contributed by atoms with E-state index in [0.29, 0.717) is 0 Å². The Labute approximate surface area is 79.6 Å². The number of rotatable bonds is 3. The van der Waals surface area contributed by atoms with Crippen LogP contribution in [0.4, 0.5) is 0 Å². The van der Waals surface area contributed by atoms with Gasteiger partial charge in [-0.15, -0.1) is 0 Å². The molecule has 1 heterocycles. The summed E-state index contributed by atoms with van der Waals surface area (Å²) in [5.41, 5.74) is 4.90. The molecule has 1 amide bonds. The number of aliphatic hydroxyl groups is 2. The summed E-state index contributed by atoms with van der Waals surface area (Å²) in [6.45, 7) is 0. The molecule has 6 nitrogen and oxygen atoms in total. The van der Waals surface area contributed by atoms with Crippen molar-refractivity contribution in [3.05, 3.63) is 24.0 Å². The van der Waals surface area contributed by atoms with Crippen LogP contribution < -0.4 is 5.73 Å². The van der Waals surface area contributed by atoms with E-state index in [4.69, 9.17) is 15.9 Å². The van der Waals surface area contributed by atoms with E-state index in [0.717, 1.165) is 6.20 Å². The van der Waals surface area contributed by atoms with Gasteiger partial charge in [-0.2, -0.15) is 0 Å². The third-order valence-electron chi connectivity index (χ3n) is 1.68. The minimum Gasteiger partial charge on any atom is -0.506 e. The van der Waals surface area contributed by atoms with Gasteiger partial charge in [0, 0.05) is 11.8 Å². The molecule has 14 heavy (non-hydrogen) atoms. The summed E-state index contributed by atoms with van der Waals surface area (Å²) in [7, 11) is 0. The maximum Gasteiger partial charge on any atom is 0.249 e. The van der Waals surface area contributed by atoms with E-state index < -0.39 is 18.1 Å². The van der Waals surface area contributed by atoms with Crippen LogP contribution >= 0.6 is 0 Å². The Morgan fingerprint density at radius 1 is 1.43 bits per heavy atom. The maximum atomic E-state index is 10.5. The molecule has 0 aliphatic rings. The highest BCUT2D eigenvalue weighted by molar-refractivity contribution is 5.79. The molecule has 0 aliphatic carbocycles. The topological polar surface area (TPSA) is 117 Å². The molecule has 0 radical (unpaired) electrons. The molecule has 0 bridgehead atoms. The number of carbonyl (C=O) groups excluding carboxylic acids is 1. The molecule has 0 saturated carbocycles. The van der Waals surface area contributed by atoms with E-state index >= 15 is 0 Å². The van der Waals surface area contributed by atoms with Gasteiger partial charge in [-0.3, -0.25) is 9.78 Å². The van der Waals surface area contributed by atoms with E-state index in [9.17, 15) is 9.90 Å². The maximum absolute atomic E-state index is 10.5. The van der Waals surface area contributed by atoms with Gasteiger partial charge in [-0.25, -0.2) is 0 Å². The summed E-state index contributed by atoms with van der Waals surface area (Å²) >= 11 is 0. The summed E-state index contributed by atoms with van der Waals surface area (Å²) in [5, 5.41) is 27.5. The van der Waals surface area contributed by atoms with E-state index in [1.165, 1.54) is 12.3 Å². The number of hydrogen-bond acceptors (Lipinski definition) is 5. The zero-order valence-electron chi connectivity index (χ0n) is 7.16. The van der Waals surface area contributed by atoms with Gasteiger partial charge in [0.15, 0.2) is 6.10 Å². The first-order valence-electron chi connectivity index (χ1n) is 3.81. The SMILES string of the molecule is NC(=O)C(O)C(O)c1cncc(O)c1. The second-order valence-corrected chi connectivity index (χ2v) is 2.77. The van der Waals surface area contributed by atoms with Crippen molar-refractivity contribution in [2.24, 2.45) is 5.73 Å². The van der Waals surface area contributed by atoms with E-state index in [2.05, 4.69) is 4.98 Å².